The van der Waals surface area contributed by atoms with E-state index in [4.69, 9.17) is 5.73 Å². The highest BCUT2D eigenvalue weighted by Crippen LogP contribution is 2.19. The van der Waals surface area contributed by atoms with Crippen LogP contribution in [0.15, 0.2) is 42.7 Å². The van der Waals surface area contributed by atoms with Crippen molar-refractivity contribution in [3.05, 3.63) is 42.7 Å². The molecule has 0 aliphatic heterocycles. The van der Waals surface area contributed by atoms with Crippen LogP contribution in [-0.4, -0.2) is 21.7 Å². The molecule has 0 radical (unpaired) electrons. The molecule has 1 atom stereocenters. The Labute approximate surface area is 124 Å². The van der Waals surface area contributed by atoms with E-state index in [0.717, 1.165) is 12.1 Å². The molecule has 0 fully saturated rings. The minimum absolute atomic E-state index is 0. The lowest BCUT2D eigenvalue weighted by Gasteiger charge is -2.14. The van der Waals surface area contributed by atoms with Gasteiger partial charge in [0.25, 0.3) is 0 Å². The highest BCUT2D eigenvalue weighted by atomic mass is 35.5. The second kappa shape index (κ2) is 7.67. The standard InChI is InChI=1S/C14H18N4O.ClH/c1-2-6-11(15)14(19)17-12-7-3-4-8-13(12)18-10-5-9-16-18;/h3-5,7-11H,2,6,15H2,1H3,(H,17,19);1H. The molecule has 1 amide bonds. The molecule has 1 aromatic carbocycles. The highest BCUT2D eigenvalue weighted by Gasteiger charge is 2.14. The van der Waals surface area contributed by atoms with E-state index < -0.39 is 6.04 Å². The van der Waals surface area contributed by atoms with Gasteiger partial charge < -0.3 is 11.1 Å². The van der Waals surface area contributed by atoms with Gasteiger partial charge in [-0.3, -0.25) is 4.79 Å². The molecule has 1 unspecified atom stereocenters. The molecule has 0 aliphatic carbocycles. The Hall–Kier alpha value is -1.85. The monoisotopic (exact) mass is 294 g/mol. The smallest absolute Gasteiger partial charge is 0.241 e. The summed E-state index contributed by atoms with van der Waals surface area (Å²) in [6.07, 6.45) is 5.09. The third-order valence-corrected chi connectivity index (χ3v) is 2.85. The van der Waals surface area contributed by atoms with Gasteiger partial charge in [-0.2, -0.15) is 5.10 Å². The fraction of sp³-hybridized carbons (Fsp3) is 0.286. The fourth-order valence-electron chi connectivity index (χ4n) is 1.86. The number of nitrogens with two attached hydrogens (primary N) is 1. The van der Waals surface area contributed by atoms with E-state index in [1.807, 2.05) is 43.5 Å². The second-order valence-electron chi connectivity index (χ2n) is 4.35. The number of hydrogen-bond donors (Lipinski definition) is 2. The van der Waals surface area contributed by atoms with Gasteiger partial charge in [0.15, 0.2) is 0 Å². The zero-order valence-electron chi connectivity index (χ0n) is 11.3. The Morgan fingerprint density at radius 2 is 2.15 bits per heavy atom. The molecule has 0 saturated carbocycles. The predicted octanol–water partition coefficient (Wildman–Crippen LogP) is 2.36. The van der Waals surface area contributed by atoms with Crippen molar-refractivity contribution < 1.29 is 4.79 Å². The number of rotatable bonds is 5. The Kier molecular flexibility index (Phi) is 6.21. The first-order valence-electron chi connectivity index (χ1n) is 6.38. The van der Waals surface area contributed by atoms with Crippen LogP contribution in [0.2, 0.25) is 0 Å². The summed E-state index contributed by atoms with van der Waals surface area (Å²) in [5.41, 5.74) is 7.34. The lowest BCUT2D eigenvalue weighted by molar-refractivity contribution is -0.117. The van der Waals surface area contributed by atoms with E-state index in [1.165, 1.54) is 0 Å². The molecule has 1 heterocycles. The average molecular weight is 295 g/mol. The first-order chi connectivity index (χ1) is 9.22. The first kappa shape index (κ1) is 16.2. The van der Waals surface area contributed by atoms with Gasteiger partial charge in [0.1, 0.15) is 0 Å². The fourth-order valence-corrected chi connectivity index (χ4v) is 1.86. The van der Waals surface area contributed by atoms with Crippen LogP contribution in [0.5, 0.6) is 0 Å². The topological polar surface area (TPSA) is 72.9 Å². The SMILES string of the molecule is CCCC(N)C(=O)Nc1ccccc1-n1cccn1.Cl. The number of carbonyl (C=O) groups excluding carboxylic acids is 1. The van der Waals surface area contributed by atoms with Gasteiger partial charge in [0.2, 0.25) is 5.91 Å². The molecule has 5 nitrogen and oxygen atoms in total. The summed E-state index contributed by atoms with van der Waals surface area (Å²) < 4.78 is 1.71. The van der Waals surface area contributed by atoms with E-state index >= 15 is 0 Å². The molecule has 3 N–H and O–H groups in total. The van der Waals surface area contributed by atoms with Gasteiger partial charge in [-0.15, -0.1) is 12.4 Å². The predicted molar refractivity (Wildman–Crippen MR) is 82.3 cm³/mol. The summed E-state index contributed by atoms with van der Waals surface area (Å²) in [5.74, 6) is -0.165. The largest absolute Gasteiger partial charge is 0.323 e. The molecule has 0 saturated heterocycles. The lowest BCUT2D eigenvalue weighted by atomic mass is 10.1. The molecular formula is C14H19ClN4O. The number of hydrogen-bond acceptors (Lipinski definition) is 3. The molecule has 0 spiro atoms. The Balaban J connectivity index is 0.00000200. The van der Waals surface area contributed by atoms with E-state index in [0.29, 0.717) is 12.1 Å². The summed E-state index contributed by atoms with van der Waals surface area (Å²) in [6, 6.07) is 8.87. The number of benzene rings is 1. The normalized spacial score (nSPS) is 11.5. The Morgan fingerprint density at radius 1 is 1.40 bits per heavy atom. The van der Waals surface area contributed by atoms with Gasteiger partial charge in [-0.1, -0.05) is 25.5 Å². The Morgan fingerprint density at radius 3 is 2.80 bits per heavy atom. The van der Waals surface area contributed by atoms with Crippen molar-refractivity contribution in [3.63, 3.8) is 0 Å². The van der Waals surface area contributed by atoms with E-state index in [-0.39, 0.29) is 18.3 Å². The molecule has 0 bridgehead atoms. The van der Waals surface area contributed by atoms with Gasteiger partial charge in [0.05, 0.1) is 17.4 Å². The molecule has 2 aromatic rings. The van der Waals surface area contributed by atoms with Crippen LogP contribution < -0.4 is 11.1 Å². The van der Waals surface area contributed by atoms with Crippen LogP contribution >= 0.6 is 12.4 Å². The summed E-state index contributed by atoms with van der Waals surface area (Å²) in [7, 11) is 0. The zero-order chi connectivity index (χ0) is 13.7. The van der Waals surface area contributed by atoms with Crippen LogP contribution in [0.4, 0.5) is 5.69 Å². The van der Waals surface area contributed by atoms with Gasteiger partial charge in [-0.25, -0.2) is 4.68 Å². The maximum atomic E-state index is 12.0. The van der Waals surface area contributed by atoms with Crippen molar-refractivity contribution in [2.45, 2.75) is 25.8 Å². The minimum atomic E-state index is -0.476. The maximum Gasteiger partial charge on any atom is 0.241 e. The van der Waals surface area contributed by atoms with Crippen LogP contribution in [0.25, 0.3) is 5.69 Å². The van der Waals surface area contributed by atoms with Crippen molar-refractivity contribution in [1.82, 2.24) is 9.78 Å². The summed E-state index contributed by atoms with van der Waals surface area (Å²) in [6.45, 7) is 2.00. The number of aromatic nitrogens is 2. The van der Waals surface area contributed by atoms with Crippen LogP contribution in [0.3, 0.4) is 0 Å². The number of halogens is 1. The molecule has 6 heteroatoms. The quantitative estimate of drug-likeness (QED) is 0.889. The van der Waals surface area contributed by atoms with Crippen molar-refractivity contribution in [3.8, 4) is 5.69 Å². The third-order valence-electron chi connectivity index (χ3n) is 2.85. The third kappa shape index (κ3) is 3.82. The minimum Gasteiger partial charge on any atom is -0.323 e. The molecule has 0 aliphatic rings. The summed E-state index contributed by atoms with van der Waals surface area (Å²) in [4.78, 5) is 12.0. The number of anilines is 1. The van der Waals surface area contributed by atoms with Crippen molar-refractivity contribution in [2.75, 3.05) is 5.32 Å². The van der Waals surface area contributed by atoms with E-state index in [9.17, 15) is 4.79 Å². The number of para-hydroxylation sites is 2. The molecule has 2 rings (SSSR count). The van der Waals surface area contributed by atoms with Crippen molar-refractivity contribution >= 4 is 24.0 Å². The number of carbonyl (C=O) groups is 1. The highest BCUT2D eigenvalue weighted by molar-refractivity contribution is 5.96. The number of nitrogens with zero attached hydrogens (tertiary/aromatic N) is 2. The van der Waals surface area contributed by atoms with E-state index in [1.54, 1.807) is 10.9 Å². The second-order valence-corrected chi connectivity index (χ2v) is 4.35. The summed E-state index contributed by atoms with van der Waals surface area (Å²) >= 11 is 0. The van der Waals surface area contributed by atoms with Gasteiger partial charge >= 0.3 is 0 Å². The lowest BCUT2D eigenvalue weighted by Crippen LogP contribution is -2.35. The first-order valence-corrected chi connectivity index (χ1v) is 6.38. The molecule has 20 heavy (non-hydrogen) atoms. The molecule has 108 valence electrons. The van der Waals surface area contributed by atoms with Gasteiger partial charge in [0, 0.05) is 12.4 Å². The van der Waals surface area contributed by atoms with Crippen LogP contribution in [0, 0.1) is 0 Å². The maximum absolute atomic E-state index is 12.0. The van der Waals surface area contributed by atoms with Gasteiger partial charge in [-0.05, 0) is 24.6 Å². The summed E-state index contributed by atoms with van der Waals surface area (Å²) in [5, 5.41) is 7.03. The molecular weight excluding hydrogens is 276 g/mol. The average Bonchev–Trinajstić information content (AvgIpc) is 2.93. The van der Waals surface area contributed by atoms with Crippen molar-refractivity contribution in [2.24, 2.45) is 5.73 Å². The number of amides is 1. The molecule has 1 aromatic heterocycles. The Bertz CT molecular complexity index is 542. The van der Waals surface area contributed by atoms with Crippen LogP contribution in [-0.2, 0) is 4.79 Å². The van der Waals surface area contributed by atoms with Crippen LogP contribution in [0.1, 0.15) is 19.8 Å². The number of nitrogens with one attached hydrogen (secondary N) is 1. The van der Waals surface area contributed by atoms with E-state index in [2.05, 4.69) is 10.4 Å². The zero-order valence-corrected chi connectivity index (χ0v) is 12.1. The van der Waals surface area contributed by atoms with Crippen molar-refractivity contribution in [1.29, 1.82) is 0 Å².